The molecule has 0 bridgehead atoms. The Labute approximate surface area is 151 Å². The number of carbonyl (C=O) groups is 2. The van der Waals surface area contributed by atoms with Crippen LogP contribution in [0.5, 0.6) is 0 Å². The van der Waals surface area contributed by atoms with E-state index >= 15 is 0 Å². The quantitative estimate of drug-likeness (QED) is 0.545. The second-order valence-corrected chi connectivity index (χ2v) is 7.52. The summed E-state index contributed by atoms with van der Waals surface area (Å²) in [6, 6.07) is 2.89. The first-order valence-electron chi connectivity index (χ1n) is 8.98. The number of carbonyl (C=O) groups excluding carboxylic acids is 1. The minimum Gasteiger partial charge on any atom is -0.481 e. The highest BCUT2D eigenvalue weighted by atomic mass is 19.1. The fraction of sp³-hybridized carbons (Fsp3) is 0.556. The molecule has 1 fully saturated rings. The SMILES string of the molecule is NC(=O)C1(c2cc3c(cc2F)CC(CCCB(O)O)C3C(=O)O)CCC1. The van der Waals surface area contributed by atoms with Crippen LogP contribution in [-0.2, 0) is 21.4 Å². The molecule has 0 radical (unpaired) electrons. The molecule has 1 amide bonds. The van der Waals surface area contributed by atoms with Crippen molar-refractivity contribution in [3.8, 4) is 0 Å². The van der Waals surface area contributed by atoms with E-state index in [1.165, 1.54) is 12.1 Å². The molecule has 2 aliphatic rings. The molecule has 2 atom stereocenters. The van der Waals surface area contributed by atoms with Gasteiger partial charge in [-0.2, -0.15) is 0 Å². The van der Waals surface area contributed by atoms with Crippen LogP contribution in [0.2, 0.25) is 6.32 Å². The Morgan fingerprint density at radius 1 is 1.31 bits per heavy atom. The number of primary amides is 1. The average molecular weight is 363 g/mol. The van der Waals surface area contributed by atoms with Gasteiger partial charge in [0.1, 0.15) is 5.82 Å². The van der Waals surface area contributed by atoms with Crippen molar-refractivity contribution in [2.75, 3.05) is 0 Å². The summed E-state index contributed by atoms with van der Waals surface area (Å²) in [5.74, 6) is -3.08. The first-order chi connectivity index (χ1) is 12.3. The van der Waals surface area contributed by atoms with Crippen molar-refractivity contribution in [2.24, 2.45) is 11.7 Å². The maximum atomic E-state index is 14.7. The molecule has 0 aliphatic heterocycles. The molecule has 1 aromatic carbocycles. The third-order valence-electron chi connectivity index (χ3n) is 6.02. The van der Waals surface area contributed by atoms with Gasteiger partial charge in [0, 0.05) is 5.56 Å². The lowest BCUT2D eigenvalue weighted by atomic mass is 9.63. The van der Waals surface area contributed by atoms with Crippen LogP contribution in [0.15, 0.2) is 12.1 Å². The van der Waals surface area contributed by atoms with E-state index in [-0.39, 0.29) is 17.8 Å². The first-order valence-corrected chi connectivity index (χ1v) is 8.98. The molecule has 1 aromatic rings. The summed E-state index contributed by atoms with van der Waals surface area (Å²) in [5, 5.41) is 27.6. The summed E-state index contributed by atoms with van der Waals surface area (Å²) >= 11 is 0. The van der Waals surface area contributed by atoms with Gasteiger partial charge in [0.2, 0.25) is 5.91 Å². The second-order valence-electron chi connectivity index (χ2n) is 7.52. The molecule has 1 saturated carbocycles. The minimum absolute atomic E-state index is 0.170. The van der Waals surface area contributed by atoms with Gasteiger partial charge in [0.15, 0.2) is 0 Å². The van der Waals surface area contributed by atoms with E-state index in [4.69, 9.17) is 15.8 Å². The van der Waals surface area contributed by atoms with Gasteiger partial charge < -0.3 is 20.9 Å². The molecule has 0 saturated heterocycles. The number of rotatable bonds is 7. The molecule has 2 unspecified atom stereocenters. The molecule has 26 heavy (non-hydrogen) atoms. The molecule has 0 aromatic heterocycles. The molecule has 140 valence electrons. The van der Waals surface area contributed by atoms with Gasteiger partial charge in [-0.25, -0.2) is 4.39 Å². The normalized spacial score (nSPS) is 23.2. The number of benzene rings is 1. The molecular formula is C18H23BFNO5. The molecule has 3 rings (SSSR count). The van der Waals surface area contributed by atoms with E-state index < -0.39 is 36.1 Å². The van der Waals surface area contributed by atoms with Crippen molar-refractivity contribution < 1.29 is 29.1 Å². The fourth-order valence-electron chi connectivity index (χ4n) is 4.46. The van der Waals surface area contributed by atoms with Crippen LogP contribution in [-0.4, -0.2) is 34.1 Å². The lowest BCUT2D eigenvalue weighted by molar-refractivity contribution is -0.140. The number of amides is 1. The lowest BCUT2D eigenvalue weighted by Gasteiger charge is -2.39. The van der Waals surface area contributed by atoms with E-state index in [0.29, 0.717) is 43.2 Å². The lowest BCUT2D eigenvalue weighted by Crippen LogP contribution is -2.47. The Morgan fingerprint density at radius 3 is 2.50 bits per heavy atom. The van der Waals surface area contributed by atoms with Gasteiger partial charge in [0.25, 0.3) is 0 Å². The first kappa shape index (κ1) is 18.9. The van der Waals surface area contributed by atoms with Gasteiger partial charge in [-0.15, -0.1) is 0 Å². The zero-order valence-corrected chi connectivity index (χ0v) is 14.4. The highest BCUT2D eigenvalue weighted by molar-refractivity contribution is 6.40. The van der Waals surface area contributed by atoms with E-state index in [2.05, 4.69) is 0 Å². The highest BCUT2D eigenvalue weighted by Crippen LogP contribution is 2.48. The van der Waals surface area contributed by atoms with Gasteiger partial charge in [-0.1, -0.05) is 18.9 Å². The molecule has 0 heterocycles. The maximum Gasteiger partial charge on any atom is 0.451 e. The van der Waals surface area contributed by atoms with Crippen LogP contribution in [0.1, 0.15) is 54.7 Å². The summed E-state index contributed by atoms with van der Waals surface area (Å²) in [7, 11) is -1.42. The topological polar surface area (TPSA) is 121 Å². The number of hydrogen-bond donors (Lipinski definition) is 4. The van der Waals surface area contributed by atoms with Crippen molar-refractivity contribution in [1.29, 1.82) is 0 Å². The molecule has 0 spiro atoms. The van der Waals surface area contributed by atoms with Crippen molar-refractivity contribution in [1.82, 2.24) is 0 Å². The van der Waals surface area contributed by atoms with Gasteiger partial charge in [-0.05, 0) is 55.1 Å². The summed E-state index contributed by atoms with van der Waals surface area (Å²) in [4.78, 5) is 23.8. The van der Waals surface area contributed by atoms with Crippen LogP contribution in [0.4, 0.5) is 4.39 Å². The monoisotopic (exact) mass is 363 g/mol. The summed E-state index contributed by atoms with van der Waals surface area (Å²) in [5.41, 5.74) is 5.91. The van der Waals surface area contributed by atoms with E-state index in [1.807, 2.05) is 0 Å². The van der Waals surface area contributed by atoms with Crippen molar-refractivity contribution in [3.05, 3.63) is 34.6 Å². The van der Waals surface area contributed by atoms with Crippen LogP contribution in [0.3, 0.4) is 0 Å². The van der Waals surface area contributed by atoms with Crippen molar-refractivity contribution >= 4 is 19.0 Å². The van der Waals surface area contributed by atoms with Gasteiger partial charge in [0.05, 0.1) is 11.3 Å². The number of fused-ring (bicyclic) bond motifs is 1. The Hall–Kier alpha value is -1.93. The van der Waals surface area contributed by atoms with Crippen LogP contribution in [0, 0.1) is 11.7 Å². The van der Waals surface area contributed by atoms with E-state index in [0.717, 1.165) is 6.42 Å². The van der Waals surface area contributed by atoms with E-state index in [1.54, 1.807) is 0 Å². The van der Waals surface area contributed by atoms with Crippen molar-refractivity contribution in [2.45, 2.75) is 56.2 Å². The predicted molar refractivity (Wildman–Crippen MR) is 92.9 cm³/mol. The predicted octanol–water partition coefficient (Wildman–Crippen LogP) is 1.33. The van der Waals surface area contributed by atoms with Gasteiger partial charge >= 0.3 is 13.1 Å². The number of carboxylic acid groups (broad SMARTS) is 1. The standard InChI is InChI=1S/C18H23BFNO5/c20-14-8-11-7-10(3-1-6-19(25)26)15(16(22)23)12(11)9-13(14)18(17(21)24)4-2-5-18/h8-10,15,25-26H,1-7H2,(H2,21,24)(H,22,23). The Bertz CT molecular complexity index is 735. The zero-order chi connectivity index (χ0) is 19.1. The maximum absolute atomic E-state index is 14.7. The van der Waals surface area contributed by atoms with Crippen LogP contribution in [0.25, 0.3) is 0 Å². The number of carboxylic acids is 1. The van der Waals surface area contributed by atoms with Crippen LogP contribution < -0.4 is 5.73 Å². The smallest absolute Gasteiger partial charge is 0.451 e. The number of nitrogens with two attached hydrogens (primary N) is 1. The third kappa shape index (κ3) is 3.12. The average Bonchev–Trinajstić information content (AvgIpc) is 2.82. The van der Waals surface area contributed by atoms with Gasteiger partial charge in [-0.3, -0.25) is 9.59 Å². The molecular weight excluding hydrogens is 340 g/mol. The summed E-state index contributed by atoms with van der Waals surface area (Å²) in [6.45, 7) is 0. The fourth-order valence-corrected chi connectivity index (χ4v) is 4.46. The number of aliphatic carboxylic acids is 1. The number of halogens is 1. The molecule has 5 N–H and O–H groups in total. The number of hydrogen-bond acceptors (Lipinski definition) is 4. The highest BCUT2D eigenvalue weighted by Gasteiger charge is 2.47. The molecule has 8 heteroatoms. The van der Waals surface area contributed by atoms with Crippen LogP contribution >= 0.6 is 0 Å². The Balaban J connectivity index is 1.93. The molecule has 2 aliphatic carbocycles. The Morgan fingerprint density at radius 2 is 2.00 bits per heavy atom. The Kier molecular flexibility index (Phi) is 5.08. The zero-order valence-electron chi connectivity index (χ0n) is 14.4. The van der Waals surface area contributed by atoms with E-state index in [9.17, 15) is 19.1 Å². The minimum atomic E-state index is -1.42. The van der Waals surface area contributed by atoms with Crippen molar-refractivity contribution in [3.63, 3.8) is 0 Å². The second kappa shape index (κ2) is 7.00. The summed E-state index contributed by atoms with van der Waals surface area (Å²) < 4.78 is 14.7. The third-order valence-corrected chi connectivity index (χ3v) is 6.02. The largest absolute Gasteiger partial charge is 0.481 e. The molecule has 6 nitrogen and oxygen atoms in total. The summed E-state index contributed by atoms with van der Waals surface area (Å²) in [6.07, 6.45) is 3.31.